The van der Waals surface area contributed by atoms with Crippen molar-refractivity contribution in [1.29, 1.82) is 0 Å². The van der Waals surface area contributed by atoms with Crippen molar-refractivity contribution in [3.05, 3.63) is 29.8 Å². The van der Waals surface area contributed by atoms with Crippen molar-refractivity contribution in [3.63, 3.8) is 0 Å². The van der Waals surface area contributed by atoms with Crippen LogP contribution in [0.15, 0.2) is 29.2 Å². The highest BCUT2D eigenvalue weighted by atomic mass is 32.2. The Morgan fingerprint density at radius 1 is 1.14 bits per heavy atom. The predicted molar refractivity (Wildman–Crippen MR) is 114 cm³/mol. The van der Waals surface area contributed by atoms with Gasteiger partial charge >= 0.3 is 5.97 Å². The Bertz CT molecular complexity index is 754. The van der Waals surface area contributed by atoms with Gasteiger partial charge in [-0.1, -0.05) is 45.4 Å². The molecule has 0 aliphatic rings. The van der Waals surface area contributed by atoms with Crippen molar-refractivity contribution in [2.45, 2.75) is 70.6 Å². The number of aryl methyl sites for hydroxylation is 1. The lowest BCUT2D eigenvalue weighted by Crippen LogP contribution is -2.47. The van der Waals surface area contributed by atoms with Crippen molar-refractivity contribution in [3.8, 4) is 0 Å². The zero-order chi connectivity index (χ0) is 21.8. The Hall–Kier alpha value is -1.22. The van der Waals surface area contributed by atoms with E-state index in [1.54, 1.807) is 24.3 Å². The summed E-state index contributed by atoms with van der Waals surface area (Å²) in [5, 5.41) is 0.0551. The Morgan fingerprint density at radius 2 is 1.68 bits per heavy atom. The topological polar surface area (TPSA) is 81.7 Å². The van der Waals surface area contributed by atoms with E-state index in [2.05, 4.69) is 38.6 Å². The average molecular weight is 430 g/mol. The highest BCUT2D eigenvalue weighted by molar-refractivity contribution is 7.89. The molecule has 0 aliphatic heterocycles. The molecule has 1 aromatic carbocycles. The molecule has 160 valence electrons. The van der Waals surface area contributed by atoms with Gasteiger partial charge in [-0.05, 0) is 43.1 Å². The minimum atomic E-state index is -3.74. The summed E-state index contributed by atoms with van der Waals surface area (Å²) in [6, 6.07) is 6.05. The van der Waals surface area contributed by atoms with Crippen LogP contribution >= 0.6 is 0 Å². The number of benzene rings is 1. The van der Waals surface area contributed by atoms with Gasteiger partial charge in [0.2, 0.25) is 10.0 Å². The van der Waals surface area contributed by atoms with Crippen LogP contribution in [-0.4, -0.2) is 42.0 Å². The van der Waals surface area contributed by atoms with Gasteiger partial charge < -0.3 is 9.16 Å². The van der Waals surface area contributed by atoms with Gasteiger partial charge in [0.1, 0.15) is 6.61 Å². The van der Waals surface area contributed by atoms with E-state index in [1.807, 2.05) is 13.8 Å². The Morgan fingerprint density at radius 3 is 2.14 bits per heavy atom. The fourth-order valence-electron chi connectivity index (χ4n) is 2.18. The smallest absolute Gasteiger partial charge is 0.302 e. The fourth-order valence-corrected chi connectivity index (χ4v) is 4.62. The molecule has 0 aromatic heterocycles. The molecule has 0 spiro atoms. The first kappa shape index (κ1) is 24.8. The maximum absolute atomic E-state index is 12.8. The first-order valence-electron chi connectivity index (χ1n) is 9.52. The van der Waals surface area contributed by atoms with Gasteiger partial charge in [-0.3, -0.25) is 4.79 Å². The lowest BCUT2D eigenvalue weighted by molar-refractivity contribution is -0.142. The zero-order valence-electron chi connectivity index (χ0n) is 18.3. The number of carbonyl (C=O) groups excluding carboxylic acids is 1. The van der Waals surface area contributed by atoms with Gasteiger partial charge in [-0.2, -0.15) is 0 Å². The predicted octanol–water partition coefficient (Wildman–Crippen LogP) is 3.86. The molecule has 0 heterocycles. The van der Waals surface area contributed by atoms with Gasteiger partial charge in [0.15, 0.2) is 8.32 Å². The molecule has 0 amide bonds. The summed E-state index contributed by atoms with van der Waals surface area (Å²) in [5.41, 5.74) is 0.978. The molecule has 0 aliphatic carbocycles. The fraction of sp³-hybridized carbons (Fsp3) is 0.650. The van der Waals surface area contributed by atoms with Crippen molar-refractivity contribution < 1.29 is 22.4 Å². The third-order valence-corrected chi connectivity index (χ3v) is 11.3. The number of rotatable bonds is 9. The molecule has 8 heteroatoms. The van der Waals surface area contributed by atoms with E-state index >= 15 is 0 Å². The van der Waals surface area contributed by atoms with Gasteiger partial charge in [-0.25, -0.2) is 13.1 Å². The molecule has 0 fully saturated rings. The van der Waals surface area contributed by atoms with E-state index in [-0.39, 0.29) is 22.5 Å². The number of hydrogen-bond acceptors (Lipinski definition) is 5. The molecular formula is C20H35NO5SSi. The quantitative estimate of drug-likeness (QED) is 0.476. The highest BCUT2D eigenvalue weighted by Crippen LogP contribution is 2.36. The maximum Gasteiger partial charge on any atom is 0.302 e. The van der Waals surface area contributed by atoms with E-state index in [0.29, 0.717) is 6.61 Å². The molecule has 1 rings (SSSR count). The summed E-state index contributed by atoms with van der Waals surface area (Å²) in [4.78, 5) is 11.5. The van der Waals surface area contributed by atoms with E-state index < -0.39 is 30.4 Å². The third kappa shape index (κ3) is 7.31. The number of ether oxygens (including phenoxy) is 1. The third-order valence-electron chi connectivity index (χ3n) is 5.30. The van der Waals surface area contributed by atoms with Crippen molar-refractivity contribution in [2.24, 2.45) is 5.92 Å². The minimum absolute atomic E-state index is 0.0392. The average Bonchev–Trinajstić information content (AvgIpc) is 2.55. The molecule has 0 saturated carbocycles. The standard InChI is InChI=1S/C20H35NO5SSi/c1-15-9-11-18(12-10-15)27(23,24)21-19(14-25-17(3)22)16(2)13-26-28(7,8)20(4,5)6/h9-12,16,19,21H,13-14H2,1-8H3/t16-,19+/m1/s1. The Labute approximate surface area is 171 Å². The monoisotopic (exact) mass is 429 g/mol. The summed E-state index contributed by atoms with van der Waals surface area (Å²) in [6.07, 6.45) is 0. The second-order valence-electron chi connectivity index (χ2n) is 8.89. The molecule has 1 N–H and O–H groups in total. The molecular weight excluding hydrogens is 394 g/mol. The number of sulfonamides is 1. The zero-order valence-corrected chi connectivity index (χ0v) is 20.1. The van der Waals surface area contributed by atoms with Crippen LogP contribution < -0.4 is 4.72 Å². The lowest BCUT2D eigenvalue weighted by Gasteiger charge is -2.37. The summed E-state index contributed by atoms with van der Waals surface area (Å²) >= 11 is 0. The first-order valence-corrected chi connectivity index (χ1v) is 13.9. The highest BCUT2D eigenvalue weighted by Gasteiger charge is 2.38. The molecule has 0 radical (unpaired) electrons. The van der Waals surface area contributed by atoms with Gasteiger partial charge in [0, 0.05) is 13.5 Å². The van der Waals surface area contributed by atoms with Crippen LogP contribution in [0.5, 0.6) is 0 Å². The number of nitrogens with one attached hydrogen (secondary N) is 1. The van der Waals surface area contributed by atoms with Crippen molar-refractivity contribution in [1.82, 2.24) is 4.72 Å². The molecule has 2 atom stereocenters. The normalized spacial score (nSPS) is 15.1. The van der Waals surface area contributed by atoms with Gasteiger partial charge in [0.25, 0.3) is 0 Å². The summed E-state index contributed by atoms with van der Waals surface area (Å²) < 4.78 is 39.6. The van der Waals surface area contributed by atoms with E-state index in [4.69, 9.17) is 9.16 Å². The largest absolute Gasteiger partial charge is 0.464 e. The van der Waals surface area contributed by atoms with Crippen molar-refractivity contribution >= 4 is 24.3 Å². The molecule has 6 nitrogen and oxygen atoms in total. The maximum atomic E-state index is 12.8. The van der Waals surface area contributed by atoms with Crippen LogP contribution in [-0.2, 0) is 24.0 Å². The van der Waals surface area contributed by atoms with Gasteiger partial charge in [-0.15, -0.1) is 0 Å². The number of esters is 1. The van der Waals surface area contributed by atoms with Crippen LogP contribution in [0, 0.1) is 12.8 Å². The minimum Gasteiger partial charge on any atom is -0.464 e. The summed E-state index contributed by atoms with van der Waals surface area (Å²) in [6.45, 7) is 16.2. The van der Waals surface area contributed by atoms with E-state index in [1.165, 1.54) is 6.92 Å². The molecule has 0 saturated heterocycles. The molecule has 0 bridgehead atoms. The van der Waals surface area contributed by atoms with Crippen LogP contribution in [0.4, 0.5) is 0 Å². The summed E-state index contributed by atoms with van der Waals surface area (Å²) in [7, 11) is -5.71. The SMILES string of the molecule is CC(=O)OC[C@H](NS(=O)(=O)c1ccc(C)cc1)[C@H](C)CO[Si](C)(C)C(C)(C)C. The molecule has 28 heavy (non-hydrogen) atoms. The van der Waals surface area contributed by atoms with Gasteiger partial charge in [0.05, 0.1) is 10.9 Å². The number of hydrogen-bond donors (Lipinski definition) is 1. The second-order valence-corrected chi connectivity index (χ2v) is 15.4. The van der Waals surface area contributed by atoms with Crippen LogP contribution in [0.3, 0.4) is 0 Å². The van der Waals surface area contributed by atoms with Crippen LogP contribution in [0.2, 0.25) is 18.1 Å². The molecule has 0 unspecified atom stereocenters. The van der Waals surface area contributed by atoms with Crippen LogP contribution in [0.25, 0.3) is 0 Å². The summed E-state index contributed by atoms with van der Waals surface area (Å²) in [5.74, 6) is -0.620. The first-order chi connectivity index (χ1) is 12.7. The second kappa shape index (κ2) is 9.52. The molecule has 1 aromatic rings. The van der Waals surface area contributed by atoms with Crippen LogP contribution in [0.1, 0.15) is 40.2 Å². The van der Waals surface area contributed by atoms with Crippen molar-refractivity contribution in [2.75, 3.05) is 13.2 Å². The number of carbonyl (C=O) groups is 1. The Kier molecular flexibility index (Phi) is 8.43. The van der Waals surface area contributed by atoms with E-state index in [0.717, 1.165) is 5.56 Å². The van der Waals surface area contributed by atoms with E-state index in [9.17, 15) is 13.2 Å². The lowest BCUT2D eigenvalue weighted by atomic mass is 10.1. The Balaban J connectivity index is 2.95.